The van der Waals surface area contributed by atoms with Crippen LogP contribution in [0.5, 0.6) is 0 Å². The van der Waals surface area contributed by atoms with E-state index in [1.54, 1.807) is 0 Å². The van der Waals surface area contributed by atoms with Gasteiger partial charge >= 0.3 is 5.97 Å². The van der Waals surface area contributed by atoms with Gasteiger partial charge in [0.15, 0.2) is 0 Å². The van der Waals surface area contributed by atoms with Gasteiger partial charge in [0.1, 0.15) is 0 Å². The van der Waals surface area contributed by atoms with Gasteiger partial charge in [-0.2, -0.15) is 17.0 Å². The van der Waals surface area contributed by atoms with Crippen LogP contribution in [0.2, 0.25) is 0 Å². The molecule has 0 aromatic carbocycles. The molecule has 0 spiro atoms. The van der Waals surface area contributed by atoms with E-state index in [-0.39, 0.29) is 24.5 Å². The number of carboxylic acids is 1. The second-order valence-electron chi connectivity index (χ2n) is 5.36. The van der Waals surface area contributed by atoms with E-state index in [2.05, 4.69) is 0 Å². The molecule has 2 saturated heterocycles. The molecule has 2 fully saturated rings. The number of aliphatic carboxylic acids is 1. The van der Waals surface area contributed by atoms with Gasteiger partial charge in [0.25, 0.3) is 10.2 Å². The fourth-order valence-corrected chi connectivity index (χ4v) is 4.49. The minimum absolute atomic E-state index is 0.0297. The average molecular weight is 292 g/mol. The number of nitrogens with zero attached hydrogens (tertiary/aromatic N) is 2. The molecule has 0 amide bonds. The SMILES string of the molecule is CC1CN(S(=O)(=O)N2CC(CC(=O)O)C2)CC(C)O1. The van der Waals surface area contributed by atoms with Gasteiger partial charge in [-0.05, 0) is 19.8 Å². The number of carbonyl (C=O) groups is 1. The highest BCUT2D eigenvalue weighted by atomic mass is 32.2. The summed E-state index contributed by atoms with van der Waals surface area (Å²) in [6, 6.07) is 0. The minimum Gasteiger partial charge on any atom is -0.481 e. The molecule has 0 saturated carbocycles. The second kappa shape index (κ2) is 5.35. The third-order valence-electron chi connectivity index (χ3n) is 3.43. The monoisotopic (exact) mass is 292 g/mol. The Labute approximate surface area is 113 Å². The van der Waals surface area contributed by atoms with Crippen molar-refractivity contribution in [2.75, 3.05) is 26.2 Å². The van der Waals surface area contributed by atoms with Crippen LogP contribution in [0.1, 0.15) is 20.3 Å². The first-order valence-corrected chi connectivity index (χ1v) is 7.81. The summed E-state index contributed by atoms with van der Waals surface area (Å²) in [6.07, 6.45) is -0.202. The van der Waals surface area contributed by atoms with Gasteiger partial charge < -0.3 is 9.84 Å². The van der Waals surface area contributed by atoms with Crippen molar-refractivity contribution in [1.82, 2.24) is 8.61 Å². The van der Waals surface area contributed by atoms with Crippen molar-refractivity contribution in [3.8, 4) is 0 Å². The van der Waals surface area contributed by atoms with Crippen LogP contribution >= 0.6 is 0 Å². The highest BCUT2D eigenvalue weighted by Crippen LogP contribution is 2.26. The van der Waals surface area contributed by atoms with Gasteiger partial charge in [-0.25, -0.2) is 0 Å². The summed E-state index contributed by atoms with van der Waals surface area (Å²) in [6.45, 7) is 5.01. The van der Waals surface area contributed by atoms with E-state index in [9.17, 15) is 13.2 Å². The Morgan fingerprint density at radius 2 is 1.63 bits per heavy atom. The Bertz CT molecular complexity index is 436. The van der Waals surface area contributed by atoms with Gasteiger partial charge in [0.2, 0.25) is 0 Å². The molecule has 2 heterocycles. The number of morpholine rings is 1. The Kier molecular flexibility index (Phi) is 4.14. The zero-order chi connectivity index (χ0) is 14.2. The van der Waals surface area contributed by atoms with Crippen LogP contribution in [0.3, 0.4) is 0 Å². The van der Waals surface area contributed by atoms with Crippen molar-refractivity contribution >= 4 is 16.2 Å². The zero-order valence-electron chi connectivity index (χ0n) is 11.2. The molecule has 2 atom stereocenters. The summed E-state index contributed by atoms with van der Waals surface area (Å²) < 4.78 is 33.0. The number of rotatable bonds is 4. The summed E-state index contributed by atoms with van der Waals surface area (Å²) in [4.78, 5) is 10.6. The van der Waals surface area contributed by atoms with E-state index < -0.39 is 16.2 Å². The van der Waals surface area contributed by atoms with Crippen LogP contribution in [-0.4, -0.2) is 66.5 Å². The van der Waals surface area contributed by atoms with Gasteiger partial charge in [0.05, 0.1) is 18.6 Å². The van der Waals surface area contributed by atoms with Crippen molar-refractivity contribution < 1.29 is 23.1 Å². The molecule has 0 aromatic rings. The van der Waals surface area contributed by atoms with Crippen molar-refractivity contribution in [1.29, 1.82) is 0 Å². The van der Waals surface area contributed by atoms with Gasteiger partial charge in [-0.1, -0.05) is 0 Å². The van der Waals surface area contributed by atoms with Crippen LogP contribution in [-0.2, 0) is 19.7 Å². The molecule has 0 bridgehead atoms. The minimum atomic E-state index is -3.47. The first-order chi connectivity index (χ1) is 8.79. The van der Waals surface area contributed by atoms with E-state index >= 15 is 0 Å². The van der Waals surface area contributed by atoms with E-state index in [1.165, 1.54) is 8.61 Å². The van der Waals surface area contributed by atoms with Crippen LogP contribution in [0.15, 0.2) is 0 Å². The first-order valence-electron chi connectivity index (χ1n) is 6.41. The van der Waals surface area contributed by atoms with Crippen LogP contribution < -0.4 is 0 Å². The van der Waals surface area contributed by atoms with E-state index in [1.807, 2.05) is 13.8 Å². The maximum atomic E-state index is 12.3. The summed E-state index contributed by atoms with van der Waals surface area (Å²) in [5.41, 5.74) is 0. The summed E-state index contributed by atoms with van der Waals surface area (Å²) in [7, 11) is -3.47. The lowest BCUT2D eigenvalue weighted by Gasteiger charge is -2.43. The van der Waals surface area contributed by atoms with Crippen molar-refractivity contribution in [2.24, 2.45) is 5.92 Å². The molecule has 7 nitrogen and oxygen atoms in total. The molecule has 2 rings (SSSR count). The van der Waals surface area contributed by atoms with E-state index in [0.29, 0.717) is 26.2 Å². The molecule has 110 valence electrons. The summed E-state index contributed by atoms with van der Waals surface area (Å²) in [5, 5.41) is 8.66. The maximum Gasteiger partial charge on any atom is 0.303 e. The average Bonchev–Trinajstić information content (AvgIpc) is 2.20. The largest absolute Gasteiger partial charge is 0.481 e. The topological polar surface area (TPSA) is 87.2 Å². The quantitative estimate of drug-likeness (QED) is 0.772. The van der Waals surface area contributed by atoms with Gasteiger partial charge in [0, 0.05) is 26.2 Å². The van der Waals surface area contributed by atoms with E-state index in [0.717, 1.165) is 0 Å². The normalized spacial score (nSPS) is 31.1. The summed E-state index contributed by atoms with van der Waals surface area (Å²) in [5.74, 6) is -0.946. The molecule has 0 aromatic heterocycles. The Morgan fingerprint density at radius 3 is 2.11 bits per heavy atom. The van der Waals surface area contributed by atoms with Gasteiger partial charge in [-0.3, -0.25) is 4.79 Å². The van der Waals surface area contributed by atoms with E-state index in [4.69, 9.17) is 9.84 Å². The molecule has 2 aliphatic heterocycles. The van der Waals surface area contributed by atoms with Crippen molar-refractivity contribution in [3.05, 3.63) is 0 Å². The molecule has 1 N–H and O–H groups in total. The van der Waals surface area contributed by atoms with Crippen LogP contribution in [0.25, 0.3) is 0 Å². The number of hydrogen-bond acceptors (Lipinski definition) is 4. The lowest BCUT2D eigenvalue weighted by atomic mass is 10.00. The zero-order valence-corrected chi connectivity index (χ0v) is 12.0. The van der Waals surface area contributed by atoms with Gasteiger partial charge in [-0.15, -0.1) is 0 Å². The highest BCUT2D eigenvalue weighted by Gasteiger charge is 2.42. The molecule has 19 heavy (non-hydrogen) atoms. The smallest absolute Gasteiger partial charge is 0.303 e. The Balaban J connectivity index is 1.94. The molecule has 0 aliphatic carbocycles. The number of carboxylic acid groups (broad SMARTS) is 1. The van der Waals surface area contributed by atoms with Crippen molar-refractivity contribution in [3.63, 3.8) is 0 Å². The predicted octanol–water partition coefficient (Wildman–Crippen LogP) is -0.253. The Hall–Kier alpha value is -0.700. The number of ether oxygens (including phenoxy) is 1. The van der Waals surface area contributed by atoms with Crippen LogP contribution in [0.4, 0.5) is 0 Å². The highest BCUT2D eigenvalue weighted by molar-refractivity contribution is 7.86. The first kappa shape index (κ1) is 14.7. The fraction of sp³-hybridized carbons (Fsp3) is 0.909. The van der Waals surface area contributed by atoms with Crippen molar-refractivity contribution in [2.45, 2.75) is 32.5 Å². The predicted molar refractivity (Wildman–Crippen MR) is 67.8 cm³/mol. The maximum absolute atomic E-state index is 12.3. The molecule has 8 heteroatoms. The third kappa shape index (κ3) is 3.25. The third-order valence-corrected chi connectivity index (χ3v) is 5.33. The molecule has 0 radical (unpaired) electrons. The fourth-order valence-electron chi connectivity index (χ4n) is 2.57. The molecule has 2 aliphatic rings. The summed E-state index contributed by atoms with van der Waals surface area (Å²) >= 11 is 0. The molecular formula is C11H20N2O5S. The van der Waals surface area contributed by atoms with Crippen LogP contribution in [0, 0.1) is 5.92 Å². The number of hydrogen-bond donors (Lipinski definition) is 1. The molecular weight excluding hydrogens is 272 g/mol. The lowest BCUT2D eigenvalue weighted by molar-refractivity contribution is -0.139. The lowest BCUT2D eigenvalue weighted by Crippen LogP contribution is -2.59. The Morgan fingerprint density at radius 1 is 1.16 bits per heavy atom. The standard InChI is InChI=1S/C11H20N2O5S/c1-8-4-12(5-9(2)18-8)19(16,17)13-6-10(7-13)3-11(14)15/h8-10H,3-7H2,1-2H3,(H,14,15). The molecule has 2 unspecified atom stereocenters. The second-order valence-corrected chi connectivity index (χ2v) is 7.29.